The molecule has 25 heavy (non-hydrogen) atoms. The Bertz CT molecular complexity index is 790. The van der Waals surface area contributed by atoms with E-state index in [1.54, 1.807) is 20.8 Å². The van der Waals surface area contributed by atoms with Crippen LogP contribution in [0.4, 0.5) is 19.3 Å². The minimum Gasteiger partial charge on any atom is -0.444 e. The summed E-state index contributed by atoms with van der Waals surface area (Å²) in [6.07, 6.45) is -2.19. The number of benzene rings is 2. The van der Waals surface area contributed by atoms with Gasteiger partial charge in [0.2, 0.25) is 0 Å². The van der Waals surface area contributed by atoms with Gasteiger partial charge < -0.3 is 9.84 Å². The largest absolute Gasteiger partial charge is 0.444 e. The maximum atomic E-state index is 14.0. The van der Waals surface area contributed by atoms with Crippen molar-refractivity contribution in [3.8, 4) is 0 Å². The zero-order valence-corrected chi connectivity index (χ0v) is 14.7. The van der Waals surface area contributed by atoms with Crippen LogP contribution < -0.4 is 5.32 Å². The molecule has 0 aromatic heterocycles. The van der Waals surface area contributed by atoms with Crippen LogP contribution in [0.15, 0.2) is 36.4 Å². The molecule has 0 radical (unpaired) electrons. The second kappa shape index (κ2) is 7.37. The molecule has 0 fully saturated rings. The Kier molecular flexibility index (Phi) is 5.65. The van der Waals surface area contributed by atoms with E-state index in [1.165, 1.54) is 18.2 Å². The number of hydrogen-bond donors (Lipinski definition) is 2. The van der Waals surface area contributed by atoms with Gasteiger partial charge in [0.15, 0.2) is 0 Å². The summed E-state index contributed by atoms with van der Waals surface area (Å²) in [5, 5.41) is 13.3. The van der Waals surface area contributed by atoms with E-state index < -0.39 is 29.4 Å². The molecule has 2 N–H and O–H groups in total. The van der Waals surface area contributed by atoms with Crippen LogP contribution in [0.2, 0.25) is 5.02 Å². The molecule has 0 saturated carbocycles. The number of anilines is 1. The third kappa shape index (κ3) is 5.14. The number of rotatable bonds is 3. The molecule has 0 aliphatic heterocycles. The van der Waals surface area contributed by atoms with Gasteiger partial charge in [-0.3, -0.25) is 5.32 Å². The highest BCUT2D eigenvalue weighted by molar-refractivity contribution is 6.30. The number of aliphatic hydroxyl groups is 1. The van der Waals surface area contributed by atoms with Crippen LogP contribution in [0.3, 0.4) is 0 Å². The summed E-state index contributed by atoms with van der Waals surface area (Å²) in [6, 6.07) is 7.20. The average molecular weight is 370 g/mol. The first-order valence-electron chi connectivity index (χ1n) is 7.49. The summed E-state index contributed by atoms with van der Waals surface area (Å²) in [6.45, 7) is 5.12. The molecule has 0 bridgehead atoms. The Morgan fingerprint density at radius 2 is 1.84 bits per heavy atom. The van der Waals surface area contributed by atoms with Crippen molar-refractivity contribution in [1.82, 2.24) is 0 Å². The van der Waals surface area contributed by atoms with Crippen molar-refractivity contribution in [2.45, 2.75) is 32.5 Å². The Hall–Kier alpha value is -2.18. The number of amides is 1. The second-order valence-corrected chi connectivity index (χ2v) is 6.86. The van der Waals surface area contributed by atoms with Crippen molar-refractivity contribution in [2.75, 3.05) is 5.32 Å². The maximum absolute atomic E-state index is 14.0. The number of halogens is 3. The van der Waals surface area contributed by atoms with Gasteiger partial charge in [0.25, 0.3) is 0 Å². The smallest absolute Gasteiger partial charge is 0.412 e. The van der Waals surface area contributed by atoms with E-state index in [9.17, 15) is 18.7 Å². The van der Waals surface area contributed by atoms with Crippen molar-refractivity contribution < 1.29 is 23.4 Å². The van der Waals surface area contributed by atoms with Crippen LogP contribution in [-0.4, -0.2) is 16.8 Å². The van der Waals surface area contributed by atoms with Gasteiger partial charge in [-0.25, -0.2) is 13.6 Å². The minimum absolute atomic E-state index is 0.143. The van der Waals surface area contributed by atoms with Gasteiger partial charge in [0.05, 0.1) is 5.69 Å². The molecule has 0 spiro atoms. The molecule has 1 atom stereocenters. The molecule has 0 aliphatic rings. The third-order valence-corrected chi connectivity index (χ3v) is 3.44. The predicted molar refractivity (Wildman–Crippen MR) is 91.7 cm³/mol. The van der Waals surface area contributed by atoms with E-state index >= 15 is 0 Å². The van der Waals surface area contributed by atoms with Crippen molar-refractivity contribution in [2.24, 2.45) is 0 Å². The standard InChI is InChI=1S/C18H18ClF2NO3/c1-18(2,3)25-17(24)22-15-7-4-10(19)8-13(15)16(23)12-6-5-11(20)9-14(12)21/h4-9,16,23H,1-3H3,(H,22,24). The Balaban J connectivity index is 2.36. The van der Waals surface area contributed by atoms with Gasteiger partial charge in [-0.15, -0.1) is 0 Å². The first-order chi connectivity index (χ1) is 11.6. The lowest BCUT2D eigenvalue weighted by molar-refractivity contribution is 0.0635. The summed E-state index contributed by atoms with van der Waals surface area (Å²) < 4.78 is 32.2. The molecule has 0 heterocycles. The summed E-state index contributed by atoms with van der Waals surface area (Å²) >= 11 is 5.95. The first-order valence-corrected chi connectivity index (χ1v) is 7.87. The highest BCUT2D eigenvalue weighted by Crippen LogP contribution is 2.32. The molecule has 2 rings (SSSR count). The third-order valence-electron chi connectivity index (χ3n) is 3.20. The molecule has 1 unspecified atom stereocenters. The van der Waals surface area contributed by atoms with Crippen LogP contribution in [-0.2, 0) is 4.74 Å². The van der Waals surface area contributed by atoms with Gasteiger partial charge in [-0.1, -0.05) is 17.7 Å². The van der Waals surface area contributed by atoms with E-state index in [0.717, 1.165) is 12.1 Å². The van der Waals surface area contributed by atoms with E-state index in [0.29, 0.717) is 6.07 Å². The molecule has 134 valence electrons. The molecule has 4 nitrogen and oxygen atoms in total. The zero-order valence-electron chi connectivity index (χ0n) is 13.9. The normalized spacial score (nSPS) is 12.6. The predicted octanol–water partition coefficient (Wildman–Crippen LogP) is 5.05. The van der Waals surface area contributed by atoms with E-state index in [2.05, 4.69) is 5.32 Å². The molecular weight excluding hydrogens is 352 g/mol. The lowest BCUT2D eigenvalue weighted by atomic mass is 9.99. The fourth-order valence-electron chi connectivity index (χ4n) is 2.18. The van der Waals surface area contributed by atoms with Crippen LogP contribution in [0.5, 0.6) is 0 Å². The minimum atomic E-state index is -1.45. The number of carbonyl (C=O) groups excluding carboxylic acids is 1. The lowest BCUT2D eigenvalue weighted by Crippen LogP contribution is -2.27. The van der Waals surface area contributed by atoms with Crippen molar-refractivity contribution >= 4 is 23.4 Å². The second-order valence-electron chi connectivity index (χ2n) is 6.43. The summed E-state index contributed by atoms with van der Waals surface area (Å²) in [5.74, 6) is -1.66. The molecule has 2 aromatic carbocycles. The highest BCUT2D eigenvalue weighted by Gasteiger charge is 2.22. The van der Waals surface area contributed by atoms with Crippen molar-refractivity contribution in [3.63, 3.8) is 0 Å². The fourth-order valence-corrected chi connectivity index (χ4v) is 2.36. The van der Waals surface area contributed by atoms with Gasteiger partial charge in [0, 0.05) is 22.2 Å². The fraction of sp³-hybridized carbons (Fsp3) is 0.278. The van der Waals surface area contributed by atoms with Crippen LogP contribution in [0.1, 0.15) is 38.0 Å². The Labute approximate surface area is 149 Å². The molecular formula is C18H18ClF2NO3. The van der Waals surface area contributed by atoms with E-state index in [1.807, 2.05) is 0 Å². The number of carbonyl (C=O) groups is 1. The molecule has 0 saturated heterocycles. The molecule has 2 aromatic rings. The SMILES string of the molecule is CC(C)(C)OC(=O)Nc1ccc(Cl)cc1C(O)c1ccc(F)cc1F. The quantitative estimate of drug-likeness (QED) is 0.796. The molecule has 7 heteroatoms. The molecule has 1 amide bonds. The van der Waals surface area contributed by atoms with Gasteiger partial charge in [-0.05, 0) is 45.0 Å². The number of nitrogens with one attached hydrogen (secondary N) is 1. The molecule has 0 aliphatic carbocycles. The van der Waals surface area contributed by atoms with E-state index in [4.69, 9.17) is 16.3 Å². The Morgan fingerprint density at radius 3 is 2.44 bits per heavy atom. The summed E-state index contributed by atoms with van der Waals surface area (Å²) in [5.41, 5.74) is -0.493. The summed E-state index contributed by atoms with van der Waals surface area (Å²) in [4.78, 5) is 12.0. The van der Waals surface area contributed by atoms with Crippen LogP contribution in [0, 0.1) is 11.6 Å². The van der Waals surface area contributed by atoms with Gasteiger partial charge in [-0.2, -0.15) is 0 Å². The average Bonchev–Trinajstić information content (AvgIpc) is 2.46. The Morgan fingerprint density at radius 1 is 1.16 bits per heavy atom. The van der Waals surface area contributed by atoms with Crippen LogP contribution >= 0.6 is 11.6 Å². The zero-order chi connectivity index (χ0) is 18.8. The van der Waals surface area contributed by atoms with Crippen molar-refractivity contribution in [1.29, 1.82) is 0 Å². The topological polar surface area (TPSA) is 58.6 Å². The lowest BCUT2D eigenvalue weighted by Gasteiger charge is -2.22. The highest BCUT2D eigenvalue weighted by atomic mass is 35.5. The summed E-state index contributed by atoms with van der Waals surface area (Å²) in [7, 11) is 0. The first kappa shape index (κ1) is 19.1. The maximum Gasteiger partial charge on any atom is 0.412 e. The number of ether oxygens (including phenoxy) is 1. The monoisotopic (exact) mass is 369 g/mol. The number of aliphatic hydroxyl groups excluding tert-OH is 1. The van der Waals surface area contributed by atoms with Crippen molar-refractivity contribution in [3.05, 3.63) is 64.2 Å². The van der Waals surface area contributed by atoms with Crippen LogP contribution in [0.25, 0.3) is 0 Å². The van der Waals surface area contributed by atoms with Gasteiger partial charge in [0.1, 0.15) is 23.3 Å². The number of hydrogen-bond acceptors (Lipinski definition) is 3. The van der Waals surface area contributed by atoms with E-state index in [-0.39, 0.29) is 21.8 Å². The van der Waals surface area contributed by atoms with Gasteiger partial charge >= 0.3 is 6.09 Å².